The van der Waals surface area contributed by atoms with E-state index in [0.717, 1.165) is 11.5 Å². The van der Waals surface area contributed by atoms with E-state index in [1.54, 1.807) is 0 Å². The highest BCUT2D eigenvalue weighted by atomic mass is 35.5. The van der Waals surface area contributed by atoms with Gasteiger partial charge in [0.15, 0.2) is 0 Å². The van der Waals surface area contributed by atoms with E-state index >= 15 is 0 Å². The molecule has 0 radical (unpaired) electrons. The van der Waals surface area contributed by atoms with Crippen molar-refractivity contribution in [2.45, 2.75) is 26.1 Å². The Morgan fingerprint density at radius 3 is 2.56 bits per heavy atom. The van der Waals surface area contributed by atoms with Gasteiger partial charge in [-0.2, -0.15) is 13.2 Å². The minimum atomic E-state index is -4.20. The third-order valence-corrected chi connectivity index (χ3v) is 2.81. The number of rotatable bonds is 5. The number of hydrogen-bond acceptors (Lipinski definition) is 4. The Labute approximate surface area is 100 Å². The largest absolute Gasteiger partial charge is 0.401 e. The van der Waals surface area contributed by atoms with Crippen LogP contribution in [0.3, 0.4) is 0 Å². The molecular formula is C8H11ClF3N3S. The Kier molecular flexibility index (Phi) is 4.94. The van der Waals surface area contributed by atoms with Gasteiger partial charge in [-0.05, 0) is 13.0 Å². The topological polar surface area (TPSA) is 29.0 Å². The zero-order chi connectivity index (χ0) is 12.2. The van der Waals surface area contributed by atoms with Gasteiger partial charge in [0, 0.05) is 18.1 Å². The van der Waals surface area contributed by atoms with Gasteiger partial charge in [0.1, 0.15) is 10.0 Å². The number of hydrogen-bond donors (Lipinski definition) is 0. The fourth-order valence-corrected chi connectivity index (χ4v) is 1.90. The van der Waals surface area contributed by atoms with Gasteiger partial charge in [0.25, 0.3) is 0 Å². The molecule has 1 rings (SSSR count). The second-order valence-electron chi connectivity index (χ2n) is 3.32. The smallest absolute Gasteiger partial charge is 0.289 e. The normalized spacial score (nSPS) is 12.4. The third kappa shape index (κ3) is 4.63. The van der Waals surface area contributed by atoms with Crippen LogP contribution in [-0.2, 0) is 6.54 Å². The van der Waals surface area contributed by atoms with Crippen molar-refractivity contribution in [3.8, 4) is 0 Å². The quantitative estimate of drug-likeness (QED) is 0.826. The van der Waals surface area contributed by atoms with Gasteiger partial charge >= 0.3 is 6.18 Å². The maximum Gasteiger partial charge on any atom is 0.401 e. The Morgan fingerprint density at radius 1 is 1.44 bits per heavy atom. The summed E-state index contributed by atoms with van der Waals surface area (Å²) in [4.78, 5) is 1.27. The molecule has 0 spiro atoms. The SMILES string of the molecule is CCCN(Cc1nnsc1Cl)CC(F)(F)F. The van der Waals surface area contributed by atoms with Crippen LogP contribution in [0.2, 0.25) is 4.34 Å². The first-order chi connectivity index (χ1) is 7.42. The molecule has 1 aromatic rings. The summed E-state index contributed by atoms with van der Waals surface area (Å²) in [6.45, 7) is 1.31. The van der Waals surface area contributed by atoms with Gasteiger partial charge < -0.3 is 0 Å². The lowest BCUT2D eigenvalue weighted by molar-refractivity contribution is -0.147. The summed E-state index contributed by atoms with van der Waals surface area (Å²) in [5.41, 5.74) is 0.407. The molecule has 0 aliphatic rings. The molecule has 0 bridgehead atoms. The Balaban J connectivity index is 2.61. The summed E-state index contributed by atoms with van der Waals surface area (Å²) in [5.74, 6) is 0. The number of aromatic nitrogens is 2. The second kappa shape index (κ2) is 5.79. The van der Waals surface area contributed by atoms with E-state index in [1.165, 1.54) is 4.90 Å². The molecule has 3 nitrogen and oxygen atoms in total. The van der Waals surface area contributed by atoms with Gasteiger partial charge in [-0.15, -0.1) is 5.10 Å². The molecule has 0 N–H and O–H groups in total. The lowest BCUT2D eigenvalue weighted by Crippen LogP contribution is -2.34. The zero-order valence-corrected chi connectivity index (χ0v) is 10.2. The average Bonchev–Trinajstić information content (AvgIpc) is 2.49. The van der Waals surface area contributed by atoms with E-state index in [2.05, 4.69) is 9.59 Å². The van der Waals surface area contributed by atoms with Crippen molar-refractivity contribution in [2.24, 2.45) is 0 Å². The Hall–Kier alpha value is -0.400. The van der Waals surface area contributed by atoms with Crippen molar-refractivity contribution in [3.05, 3.63) is 10.0 Å². The van der Waals surface area contributed by atoms with Crippen molar-refractivity contribution in [2.75, 3.05) is 13.1 Å². The zero-order valence-electron chi connectivity index (χ0n) is 8.59. The van der Waals surface area contributed by atoms with Crippen LogP contribution in [0.1, 0.15) is 19.0 Å². The van der Waals surface area contributed by atoms with Crippen molar-refractivity contribution >= 4 is 23.1 Å². The molecule has 0 aliphatic carbocycles. The maximum absolute atomic E-state index is 12.3. The molecule has 0 aromatic carbocycles. The number of halogens is 4. The van der Waals surface area contributed by atoms with Crippen LogP contribution in [0.4, 0.5) is 13.2 Å². The summed E-state index contributed by atoms with van der Waals surface area (Å²) in [5, 5.41) is 3.70. The maximum atomic E-state index is 12.3. The van der Waals surface area contributed by atoms with Crippen LogP contribution in [0, 0.1) is 0 Å². The van der Waals surface area contributed by atoms with Gasteiger partial charge in [0.2, 0.25) is 0 Å². The molecule has 0 unspecified atom stereocenters. The fourth-order valence-electron chi connectivity index (χ4n) is 1.29. The van der Waals surface area contributed by atoms with E-state index < -0.39 is 12.7 Å². The second-order valence-corrected chi connectivity index (χ2v) is 4.68. The Morgan fingerprint density at radius 2 is 2.12 bits per heavy atom. The average molecular weight is 274 g/mol. The molecule has 1 aromatic heterocycles. The van der Waals surface area contributed by atoms with E-state index in [1.807, 2.05) is 6.92 Å². The summed E-state index contributed by atoms with van der Waals surface area (Å²) in [7, 11) is 0. The number of nitrogens with zero attached hydrogens (tertiary/aromatic N) is 3. The lowest BCUT2D eigenvalue weighted by atomic mass is 10.3. The number of alkyl halides is 3. The molecule has 16 heavy (non-hydrogen) atoms. The molecule has 1 heterocycles. The molecule has 0 fully saturated rings. The minimum absolute atomic E-state index is 0.0860. The van der Waals surface area contributed by atoms with Gasteiger partial charge in [-0.1, -0.05) is 23.0 Å². The highest BCUT2D eigenvalue weighted by molar-refractivity contribution is 7.10. The van der Waals surface area contributed by atoms with Crippen molar-refractivity contribution in [1.82, 2.24) is 14.5 Å². The monoisotopic (exact) mass is 273 g/mol. The molecule has 0 saturated heterocycles. The standard InChI is InChI=1S/C8H11ClF3N3S/c1-2-3-15(5-8(10,11)12)4-6-7(9)16-14-13-6/h2-5H2,1H3. The van der Waals surface area contributed by atoms with Gasteiger partial charge in [-0.3, -0.25) is 4.90 Å². The summed E-state index contributed by atoms with van der Waals surface area (Å²) in [6, 6.07) is 0. The van der Waals surface area contributed by atoms with E-state index in [4.69, 9.17) is 11.6 Å². The molecular weight excluding hydrogens is 263 g/mol. The van der Waals surface area contributed by atoms with Gasteiger partial charge in [-0.25, -0.2) is 0 Å². The van der Waals surface area contributed by atoms with E-state index in [9.17, 15) is 13.2 Å². The van der Waals surface area contributed by atoms with Crippen LogP contribution in [0.25, 0.3) is 0 Å². The van der Waals surface area contributed by atoms with E-state index in [-0.39, 0.29) is 6.54 Å². The molecule has 8 heteroatoms. The van der Waals surface area contributed by atoms with Crippen LogP contribution in [0.5, 0.6) is 0 Å². The van der Waals surface area contributed by atoms with E-state index in [0.29, 0.717) is 23.0 Å². The summed E-state index contributed by atoms with van der Waals surface area (Å²) < 4.78 is 40.7. The molecule has 0 amide bonds. The van der Waals surface area contributed by atoms with Crippen LogP contribution >= 0.6 is 23.1 Å². The van der Waals surface area contributed by atoms with Crippen LogP contribution in [-0.4, -0.2) is 33.8 Å². The first kappa shape index (κ1) is 13.7. The highest BCUT2D eigenvalue weighted by Crippen LogP contribution is 2.22. The highest BCUT2D eigenvalue weighted by Gasteiger charge is 2.30. The fraction of sp³-hybridized carbons (Fsp3) is 0.750. The van der Waals surface area contributed by atoms with Crippen molar-refractivity contribution < 1.29 is 13.2 Å². The lowest BCUT2D eigenvalue weighted by Gasteiger charge is -2.21. The molecule has 92 valence electrons. The molecule has 0 atom stereocenters. The van der Waals surface area contributed by atoms with Gasteiger partial charge in [0.05, 0.1) is 6.54 Å². The Bertz CT molecular complexity index is 329. The summed E-state index contributed by atoms with van der Waals surface area (Å²) >= 11 is 6.72. The molecule has 0 aliphatic heterocycles. The van der Waals surface area contributed by atoms with Crippen molar-refractivity contribution in [3.63, 3.8) is 0 Å². The third-order valence-electron chi connectivity index (χ3n) is 1.83. The first-order valence-corrected chi connectivity index (χ1v) is 5.83. The van der Waals surface area contributed by atoms with Crippen LogP contribution in [0.15, 0.2) is 0 Å². The summed E-state index contributed by atoms with van der Waals surface area (Å²) in [6.07, 6.45) is -3.56. The predicted molar refractivity (Wildman–Crippen MR) is 56.5 cm³/mol. The van der Waals surface area contributed by atoms with Crippen LogP contribution < -0.4 is 0 Å². The predicted octanol–water partition coefficient (Wildman–Crippen LogP) is 2.97. The minimum Gasteiger partial charge on any atom is -0.289 e. The molecule has 0 saturated carbocycles. The first-order valence-electron chi connectivity index (χ1n) is 4.68. The van der Waals surface area contributed by atoms with Crippen molar-refractivity contribution in [1.29, 1.82) is 0 Å².